The molecule has 0 amide bonds. The summed E-state index contributed by atoms with van der Waals surface area (Å²) in [5.74, 6) is 0.0926. The highest BCUT2D eigenvalue weighted by Crippen LogP contribution is 2.23. The predicted molar refractivity (Wildman–Crippen MR) is 60.5 cm³/mol. The van der Waals surface area contributed by atoms with E-state index in [2.05, 4.69) is 4.99 Å². The summed E-state index contributed by atoms with van der Waals surface area (Å²) in [5, 5.41) is 18.7. The van der Waals surface area contributed by atoms with Crippen LogP contribution in [0.15, 0.2) is 23.2 Å². The minimum Gasteiger partial charge on any atom is -0.508 e. The van der Waals surface area contributed by atoms with Crippen molar-refractivity contribution in [1.29, 1.82) is 0 Å². The van der Waals surface area contributed by atoms with Crippen molar-refractivity contribution in [3.05, 3.63) is 23.8 Å². The first-order valence-corrected chi connectivity index (χ1v) is 4.88. The zero-order valence-electron chi connectivity index (χ0n) is 8.77. The van der Waals surface area contributed by atoms with Crippen molar-refractivity contribution in [2.45, 2.75) is 13.3 Å². The molecule has 1 rings (SSSR count). The average molecular weight is 208 g/mol. The zero-order chi connectivity index (χ0) is 11.3. The number of nitrogens with two attached hydrogens (primary N) is 1. The number of phenolic OH excluding ortho intramolecular Hbond substituents is 2. The Morgan fingerprint density at radius 1 is 1.40 bits per heavy atom. The maximum absolute atomic E-state index is 9.55. The molecule has 4 N–H and O–H groups in total. The number of hydrogen-bond donors (Lipinski definition) is 3. The molecule has 0 aromatic heterocycles. The van der Waals surface area contributed by atoms with Gasteiger partial charge in [0.05, 0.1) is 0 Å². The highest BCUT2D eigenvalue weighted by atomic mass is 16.3. The van der Waals surface area contributed by atoms with Crippen LogP contribution in [0.5, 0.6) is 11.5 Å². The van der Waals surface area contributed by atoms with Crippen LogP contribution in [0.3, 0.4) is 0 Å². The molecule has 0 spiro atoms. The number of rotatable bonds is 4. The molecule has 0 aliphatic rings. The minimum atomic E-state index is 0.0454. The summed E-state index contributed by atoms with van der Waals surface area (Å²) in [6, 6.07) is 4.47. The van der Waals surface area contributed by atoms with Crippen molar-refractivity contribution in [3.63, 3.8) is 0 Å². The molecule has 0 saturated carbocycles. The monoisotopic (exact) mass is 208 g/mol. The first-order valence-electron chi connectivity index (χ1n) is 4.88. The van der Waals surface area contributed by atoms with E-state index in [9.17, 15) is 5.11 Å². The molecule has 0 radical (unpaired) electrons. The highest BCUT2D eigenvalue weighted by Gasteiger charge is 2.04. The molecular formula is C11H16N2O2. The lowest BCUT2D eigenvalue weighted by Gasteiger charge is -2.04. The van der Waals surface area contributed by atoms with Gasteiger partial charge in [0, 0.05) is 23.9 Å². The maximum atomic E-state index is 9.55. The fraction of sp³-hybridized carbons (Fsp3) is 0.364. The van der Waals surface area contributed by atoms with E-state index in [1.54, 1.807) is 6.07 Å². The first-order chi connectivity index (χ1) is 7.15. The van der Waals surface area contributed by atoms with E-state index in [0.29, 0.717) is 18.7 Å². The molecule has 1 aromatic carbocycles. The van der Waals surface area contributed by atoms with Crippen molar-refractivity contribution in [1.82, 2.24) is 0 Å². The third-order valence-corrected chi connectivity index (χ3v) is 2.08. The third kappa shape index (κ3) is 3.25. The summed E-state index contributed by atoms with van der Waals surface area (Å²) >= 11 is 0. The van der Waals surface area contributed by atoms with Crippen LogP contribution in [0.4, 0.5) is 0 Å². The lowest BCUT2D eigenvalue weighted by Crippen LogP contribution is -2.02. The Bertz CT molecular complexity index is 362. The lowest BCUT2D eigenvalue weighted by atomic mass is 10.1. The van der Waals surface area contributed by atoms with Crippen molar-refractivity contribution in [2.75, 3.05) is 13.1 Å². The van der Waals surface area contributed by atoms with Gasteiger partial charge in [-0.1, -0.05) is 0 Å². The molecular weight excluding hydrogens is 192 g/mol. The van der Waals surface area contributed by atoms with E-state index in [0.717, 1.165) is 12.1 Å². The summed E-state index contributed by atoms with van der Waals surface area (Å²) < 4.78 is 0. The van der Waals surface area contributed by atoms with Crippen LogP contribution in [0, 0.1) is 0 Å². The molecule has 82 valence electrons. The second kappa shape index (κ2) is 5.36. The van der Waals surface area contributed by atoms with Crippen LogP contribution in [0.2, 0.25) is 0 Å². The molecule has 0 saturated heterocycles. The Kier molecular flexibility index (Phi) is 4.12. The number of aromatic hydroxyl groups is 2. The van der Waals surface area contributed by atoms with E-state index in [1.165, 1.54) is 12.1 Å². The standard InChI is InChI=1S/C11H16N2O2/c1-8(13-6-2-5-12)10-4-3-9(14)7-11(10)15/h3-4,7,14-15H,2,5-6,12H2,1H3. The van der Waals surface area contributed by atoms with Gasteiger partial charge < -0.3 is 15.9 Å². The van der Waals surface area contributed by atoms with Crippen molar-refractivity contribution < 1.29 is 10.2 Å². The summed E-state index contributed by atoms with van der Waals surface area (Å²) in [6.07, 6.45) is 0.830. The van der Waals surface area contributed by atoms with Crippen LogP contribution in [-0.4, -0.2) is 29.0 Å². The molecule has 0 atom stereocenters. The summed E-state index contributed by atoms with van der Waals surface area (Å²) in [6.45, 7) is 3.09. The Balaban J connectivity index is 2.81. The van der Waals surface area contributed by atoms with Crippen LogP contribution in [-0.2, 0) is 0 Å². The molecule has 4 heteroatoms. The van der Waals surface area contributed by atoms with E-state index >= 15 is 0 Å². The van der Waals surface area contributed by atoms with Gasteiger partial charge in [0.15, 0.2) is 0 Å². The van der Waals surface area contributed by atoms with Crippen molar-refractivity contribution >= 4 is 5.71 Å². The predicted octanol–water partition coefficient (Wildman–Crippen LogP) is 1.26. The van der Waals surface area contributed by atoms with E-state index in [1.807, 2.05) is 6.92 Å². The Labute approximate surface area is 89.1 Å². The number of phenols is 2. The largest absolute Gasteiger partial charge is 0.508 e. The smallest absolute Gasteiger partial charge is 0.128 e. The van der Waals surface area contributed by atoms with Crippen molar-refractivity contribution in [2.24, 2.45) is 10.7 Å². The second-order valence-electron chi connectivity index (χ2n) is 3.31. The molecule has 0 fully saturated rings. The zero-order valence-corrected chi connectivity index (χ0v) is 8.77. The maximum Gasteiger partial charge on any atom is 0.128 e. The van der Waals surface area contributed by atoms with Gasteiger partial charge >= 0.3 is 0 Å². The van der Waals surface area contributed by atoms with Gasteiger partial charge in [-0.3, -0.25) is 4.99 Å². The SMILES string of the molecule is CC(=NCCCN)c1ccc(O)cc1O. The van der Waals surface area contributed by atoms with Crippen LogP contribution >= 0.6 is 0 Å². The summed E-state index contributed by atoms with van der Waals surface area (Å²) in [7, 11) is 0. The highest BCUT2D eigenvalue weighted by molar-refractivity contribution is 6.01. The molecule has 4 nitrogen and oxygen atoms in total. The number of hydrogen-bond acceptors (Lipinski definition) is 4. The Hall–Kier alpha value is -1.55. The normalized spacial score (nSPS) is 11.7. The van der Waals surface area contributed by atoms with Crippen LogP contribution < -0.4 is 5.73 Å². The molecule has 0 aliphatic heterocycles. The first kappa shape index (κ1) is 11.5. The van der Waals surface area contributed by atoms with Gasteiger partial charge in [0.2, 0.25) is 0 Å². The van der Waals surface area contributed by atoms with Gasteiger partial charge in [-0.25, -0.2) is 0 Å². The fourth-order valence-corrected chi connectivity index (χ4v) is 1.25. The van der Waals surface area contributed by atoms with Gasteiger partial charge in [-0.05, 0) is 32.0 Å². The average Bonchev–Trinajstić information content (AvgIpc) is 2.17. The Morgan fingerprint density at radius 2 is 2.13 bits per heavy atom. The molecule has 0 aliphatic carbocycles. The summed E-state index contributed by atoms with van der Waals surface area (Å²) in [5.41, 5.74) is 6.75. The van der Waals surface area contributed by atoms with Crippen LogP contribution in [0.25, 0.3) is 0 Å². The molecule has 0 unspecified atom stereocenters. The molecule has 1 aromatic rings. The second-order valence-corrected chi connectivity index (χ2v) is 3.31. The number of nitrogens with zero attached hydrogens (tertiary/aromatic N) is 1. The topological polar surface area (TPSA) is 78.8 Å². The van der Waals surface area contributed by atoms with Gasteiger partial charge in [0.25, 0.3) is 0 Å². The van der Waals surface area contributed by atoms with Crippen LogP contribution in [0.1, 0.15) is 18.9 Å². The minimum absolute atomic E-state index is 0.0454. The molecule has 15 heavy (non-hydrogen) atoms. The summed E-state index contributed by atoms with van der Waals surface area (Å²) in [4.78, 5) is 4.27. The molecule has 0 heterocycles. The quantitative estimate of drug-likeness (QED) is 0.514. The van der Waals surface area contributed by atoms with E-state index in [-0.39, 0.29) is 11.5 Å². The van der Waals surface area contributed by atoms with Crippen molar-refractivity contribution in [3.8, 4) is 11.5 Å². The van der Waals surface area contributed by atoms with Gasteiger partial charge in [-0.2, -0.15) is 0 Å². The fourth-order valence-electron chi connectivity index (χ4n) is 1.25. The number of benzene rings is 1. The number of aliphatic imine (C=N–C) groups is 1. The lowest BCUT2D eigenvalue weighted by molar-refractivity contribution is 0.450. The molecule has 0 bridgehead atoms. The third-order valence-electron chi connectivity index (χ3n) is 2.08. The van der Waals surface area contributed by atoms with Gasteiger partial charge in [-0.15, -0.1) is 0 Å². The van der Waals surface area contributed by atoms with E-state index in [4.69, 9.17) is 10.8 Å². The van der Waals surface area contributed by atoms with E-state index < -0.39 is 0 Å². The Morgan fingerprint density at radius 3 is 2.73 bits per heavy atom. The van der Waals surface area contributed by atoms with Gasteiger partial charge in [0.1, 0.15) is 11.5 Å².